The molecule has 0 bridgehead atoms. The molecule has 1 N–H and O–H groups in total. The molecule has 28 heavy (non-hydrogen) atoms. The number of fused-ring (bicyclic) bond motifs is 1. The number of rotatable bonds is 6. The van der Waals surface area contributed by atoms with Gasteiger partial charge in [0.1, 0.15) is 0 Å². The maximum absolute atomic E-state index is 12.0. The summed E-state index contributed by atoms with van der Waals surface area (Å²) in [6.07, 6.45) is 0.0496. The zero-order valence-electron chi connectivity index (χ0n) is 15.2. The molecular weight excluding hydrogens is 360 g/mol. The maximum atomic E-state index is 12.0. The summed E-state index contributed by atoms with van der Waals surface area (Å²) < 4.78 is 5.02. The van der Waals surface area contributed by atoms with Gasteiger partial charge in [0.25, 0.3) is 11.6 Å². The van der Waals surface area contributed by atoms with Gasteiger partial charge in [-0.3, -0.25) is 19.7 Å². The van der Waals surface area contributed by atoms with Crippen LogP contribution in [-0.2, 0) is 20.7 Å². The van der Waals surface area contributed by atoms with E-state index in [4.69, 9.17) is 4.74 Å². The van der Waals surface area contributed by atoms with E-state index in [0.29, 0.717) is 11.3 Å². The van der Waals surface area contributed by atoms with Gasteiger partial charge in [-0.1, -0.05) is 48.5 Å². The van der Waals surface area contributed by atoms with Crippen molar-refractivity contribution in [2.24, 2.45) is 0 Å². The number of benzene rings is 3. The molecule has 3 rings (SSSR count). The van der Waals surface area contributed by atoms with E-state index in [-0.39, 0.29) is 12.1 Å². The Hall–Kier alpha value is -3.74. The fourth-order valence-electron chi connectivity index (χ4n) is 2.76. The number of anilines is 1. The highest BCUT2D eigenvalue weighted by Gasteiger charge is 2.13. The molecule has 7 heteroatoms. The van der Waals surface area contributed by atoms with Crippen LogP contribution in [0.4, 0.5) is 11.4 Å². The molecule has 0 aliphatic heterocycles. The number of esters is 1. The summed E-state index contributed by atoms with van der Waals surface area (Å²) >= 11 is 0. The predicted molar refractivity (Wildman–Crippen MR) is 105 cm³/mol. The van der Waals surface area contributed by atoms with Gasteiger partial charge in [0.15, 0.2) is 6.61 Å². The molecule has 0 fully saturated rings. The molecule has 0 saturated heterocycles. The van der Waals surface area contributed by atoms with Crippen LogP contribution in [0.1, 0.15) is 11.1 Å². The van der Waals surface area contributed by atoms with Crippen LogP contribution in [0.25, 0.3) is 10.8 Å². The number of non-ortho nitro benzene ring substituents is 1. The second-order valence-corrected chi connectivity index (χ2v) is 6.32. The molecular formula is C21H18N2O5. The van der Waals surface area contributed by atoms with Gasteiger partial charge >= 0.3 is 5.97 Å². The van der Waals surface area contributed by atoms with Gasteiger partial charge in [0.05, 0.1) is 17.0 Å². The first-order valence-corrected chi connectivity index (χ1v) is 8.60. The Bertz CT molecular complexity index is 1060. The Balaban J connectivity index is 1.56. The molecule has 0 aromatic heterocycles. The number of ether oxygens (including phenoxy) is 1. The number of nitrogens with zero attached hydrogens (tertiary/aromatic N) is 1. The van der Waals surface area contributed by atoms with Crippen molar-refractivity contribution in [2.75, 3.05) is 11.9 Å². The summed E-state index contributed by atoms with van der Waals surface area (Å²) in [7, 11) is 0. The molecule has 0 saturated carbocycles. The monoisotopic (exact) mass is 378 g/mol. The standard InChI is InChI=1S/C21H18N2O5/c1-14-6-9-18(23(26)27)12-19(14)22-20(24)13-28-21(25)11-15-7-8-16-4-2-3-5-17(16)10-15/h2-10,12H,11,13H2,1H3,(H,22,24). The molecule has 7 nitrogen and oxygen atoms in total. The SMILES string of the molecule is Cc1ccc([N+](=O)[O-])cc1NC(=O)COC(=O)Cc1ccc2ccccc2c1. The highest BCUT2D eigenvalue weighted by Crippen LogP contribution is 2.21. The lowest BCUT2D eigenvalue weighted by atomic mass is 10.1. The molecule has 3 aromatic carbocycles. The van der Waals surface area contributed by atoms with Crippen molar-refractivity contribution in [3.05, 3.63) is 81.9 Å². The number of amides is 1. The summed E-state index contributed by atoms with van der Waals surface area (Å²) in [4.78, 5) is 34.3. The van der Waals surface area contributed by atoms with E-state index < -0.39 is 23.4 Å². The van der Waals surface area contributed by atoms with Crippen molar-refractivity contribution in [2.45, 2.75) is 13.3 Å². The van der Waals surface area contributed by atoms with Crippen LogP contribution in [0.5, 0.6) is 0 Å². The minimum absolute atomic E-state index is 0.0496. The number of carbonyl (C=O) groups is 2. The summed E-state index contributed by atoms with van der Waals surface area (Å²) in [5.74, 6) is -1.09. The largest absolute Gasteiger partial charge is 0.455 e. The number of nitrogens with one attached hydrogen (secondary N) is 1. The fourth-order valence-corrected chi connectivity index (χ4v) is 2.76. The smallest absolute Gasteiger partial charge is 0.310 e. The van der Waals surface area contributed by atoms with E-state index in [9.17, 15) is 19.7 Å². The third-order valence-corrected chi connectivity index (χ3v) is 4.23. The minimum atomic E-state index is -0.560. The highest BCUT2D eigenvalue weighted by molar-refractivity contribution is 5.94. The lowest BCUT2D eigenvalue weighted by molar-refractivity contribution is -0.384. The molecule has 0 aliphatic carbocycles. The molecule has 0 unspecified atom stereocenters. The van der Waals surface area contributed by atoms with Crippen LogP contribution in [0.2, 0.25) is 0 Å². The van der Waals surface area contributed by atoms with Crippen molar-refractivity contribution in [3.63, 3.8) is 0 Å². The van der Waals surface area contributed by atoms with Gasteiger partial charge in [-0.25, -0.2) is 0 Å². The summed E-state index contributed by atoms with van der Waals surface area (Å²) in [5, 5.41) is 15.5. The number of nitro benzene ring substituents is 1. The Morgan fingerprint density at radius 3 is 2.54 bits per heavy atom. The molecule has 0 heterocycles. The Kier molecular flexibility index (Phi) is 5.64. The van der Waals surface area contributed by atoms with Crippen molar-refractivity contribution in [1.82, 2.24) is 0 Å². The quantitative estimate of drug-likeness (QED) is 0.400. The average molecular weight is 378 g/mol. The van der Waals surface area contributed by atoms with E-state index in [1.807, 2.05) is 42.5 Å². The normalized spacial score (nSPS) is 10.5. The van der Waals surface area contributed by atoms with Gasteiger partial charge in [-0.2, -0.15) is 0 Å². The van der Waals surface area contributed by atoms with Crippen LogP contribution in [0, 0.1) is 17.0 Å². The zero-order chi connectivity index (χ0) is 20.1. The van der Waals surface area contributed by atoms with E-state index in [2.05, 4.69) is 5.32 Å². The summed E-state index contributed by atoms with van der Waals surface area (Å²) in [5.41, 5.74) is 1.64. The lowest BCUT2D eigenvalue weighted by Gasteiger charge is -2.09. The second-order valence-electron chi connectivity index (χ2n) is 6.32. The van der Waals surface area contributed by atoms with Gasteiger partial charge in [0, 0.05) is 12.1 Å². The summed E-state index contributed by atoms with van der Waals surface area (Å²) in [6.45, 7) is 1.25. The minimum Gasteiger partial charge on any atom is -0.455 e. The van der Waals surface area contributed by atoms with Crippen molar-refractivity contribution >= 4 is 34.0 Å². The number of aryl methyl sites for hydroxylation is 1. The van der Waals surface area contributed by atoms with Gasteiger partial charge in [0.2, 0.25) is 0 Å². The van der Waals surface area contributed by atoms with Crippen LogP contribution < -0.4 is 5.32 Å². The Morgan fingerprint density at radius 1 is 1.04 bits per heavy atom. The Morgan fingerprint density at radius 2 is 1.79 bits per heavy atom. The van der Waals surface area contributed by atoms with Gasteiger partial charge in [-0.15, -0.1) is 0 Å². The van der Waals surface area contributed by atoms with E-state index in [1.54, 1.807) is 13.0 Å². The van der Waals surface area contributed by atoms with Crippen molar-refractivity contribution < 1.29 is 19.2 Å². The van der Waals surface area contributed by atoms with Crippen molar-refractivity contribution in [3.8, 4) is 0 Å². The lowest BCUT2D eigenvalue weighted by Crippen LogP contribution is -2.22. The topological polar surface area (TPSA) is 98.5 Å². The van der Waals surface area contributed by atoms with E-state index in [0.717, 1.165) is 16.3 Å². The molecule has 1 amide bonds. The number of hydrogen-bond donors (Lipinski definition) is 1. The van der Waals surface area contributed by atoms with E-state index >= 15 is 0 Å². The molecule has 0 radical (unpaired) electrons. The van der Waals surface area contributed by atoms with Gasteiger partial charge < -0.3 is 10.1 Å². The number of nitro groups is 1. The maximum Gasteiger partial charge on any atom is 0.310 e. The van der Waals surface area contributed by atoms with Crippen LogP contribution in [0.3, 0.4) is 0 Å². The molecule has 3 aromatic rings. The Labute approximate surface area is 161 Å². The summed E-state index contributed by atoms with van der Waals surface area (Å²) in [6, 6.07) is 17.6. The highest BCUT2D eigenvalue weighted by atomic mass is 16.6. The number of hydrogen-bond acceptors (Lipinski definition) is 5. The van der Waals surface area contributed by atoms with Crippen LogP contribution in [-0.4, -0.2) is 23.4 Å². The zero-order valence-corrected chi connectivity index (χ0v) is 15.2. The van der Waals surface area contributed by atoms with Crippen molar-refractivity contribution in [1.29, 1.82) is 0 Å². The first kappa shape index (κ1) is 19.0. The third-order valence-electron chi connectivity index (χ3n) is 4.23. The molecule has 0 spiro atoms. The van der Waals surface area contributed by atoms with Crippen LogP contribution >= 0.6 is 0 Å². The fraction of sp³-hybridized carbons (Fsp3) is 0.143. The molecule has 142 valence electrons. The first-order chi connectivity index (χ1) is 13.4. The van der Waals surface area contributed by atoms with Crippen LogP contribution in [0.15, 0.2) is 60.7 Å². The predicted octanol–water partition coefficient (Wildman–Crippen LogP) is 3.78. The number of carbonyl (C=O) groups excluding carboxylic acids is 2. The first-order valence-electron chi connectivity index (χ1n) is 8.60. The van der Waals surface area contributed by atoms with E-state index in [1.165, 1.54) is 12.1 Å². The third kappa shape index (κ3) is 4.70. The molecule has 0 atom stereocenters. The average Bonchev–Trinajstić information content (AvgIpc) is 2.68. The molecule has 0 aliphatic rings. The van der Waals surface area contributed by atoms with Gasteiger partial charge in [-0.05, 0) is 28.8 Å². The second kappa shape index (κ2) is 8.30.